The van der Waals surface area contributed by atoms with Gasteiger partial charge in [-0.05, 0) is 76.5 Å². The van der Waals surface area contributed by atoms with Crippen LogP contribution in [0.3, 0.4) is 0 Å². The van der Waals surface area contributed by atoms with Crippen molar-refractivity contribution in [2.45, 2.75) is 22.6 Å². The van der Waals surface area contributed by atoms with E-state index >= 15 is 0 Å². The molecule has 0 radical (unpaired) electrons. The predicted octanol–water partition coefficient (Wildman–Crippen LogP) is 5.14. The van der Waals surface area contributed by atoms with Crippen LogP contribution in [0, 0.1) is 15.2 Å². The van der Waals surface area contributed by atoms with Gasteiger partial charge in [-0.15, -0.1) is 0 Å². The molecule has 3 aromatic rings. The molecule has 4 rings (SSSR count). The number of rotatable bonds is 5. The summed E-state index contributed by atoms with van der Waals surface area (Å²) in [6, 6.07) is 19.3. The SMILES string of the molecule is O=S(=O)(c1ccc(F)cc1)[C@@]1(c2ccc(I)c(F)c2)CCN(Cc2ccccc2)C1. The minimum absolute atomic E-state index is 0.0458. The highest BCUT2D eigenvalue weighted by molar-refractivity contribution is 14.1. The Kier molecular flexibility index (Phi) is 5.96. The Morgan fingerprint density at radius 1 is 0.967 bits per heavy atom. The first-order valence-electron chi connectivity index (χ1n) is 9.54. The van der Waals surface area contributed by atoms with E-state index < -0.39 is 26.2 Å². The van der Waals surface area contributed by atoms with Crippen molar-refractivity contribution in [1.29, 1.82) is 0 Å². The zero-order valence-electron chi connectivity index (χ0n) is 16.1. The molecule has 0 aliphatic carbocycles. The highest BCUT2D eigenvalue weighted by Crippen LogP contribution is 2.44. The normalized spacial score (nSPS) is 19.8. The van der Waals surface area contributed by atoms with Crippen molar-refractivity contribution in [2.75, 3.05) is 13.1 Å². The van der Waals surface area contributed by atoms with E-state index in [0.717, 1.165) is 17.7 Å². The molecular weight excluding hydrogens is 519 g/mol. The van der Waals surface area contributed by atoms with E-state index in [-0.39, 0.29) is 11.4 Å². The molecule has 0 aromatic heterocycles. The van der Waals surface area contributed by atoms with Crippen LogP contribution >= 0.6 is 22.6 Å². The molecule has 0 spiro atoms. The van der Waals surface area contributed by atoms with Gasteiger partial charge in [0, 0.05) is 23.2 Å². The van der Waals surface area contributed by atoms with Crippen molar-refractivity contribution in [3.8, 4) is 0 Å². The molecular formula is C23H20F2INO2S. The van der Waals surface area contributed by atoms with Crippen LogP contribution in [0.4, 0.5) is 8.78 Å². The van der Waals surface area contributed by atoms with Crippen molar-refractivity contribution in [3.05, 3.63) is 99.1 Å². The lowest BCUT2D eigenvalue weighted by Gasteiger charge is -2.30. The molecule has 0 N–H and O–H groups in total. The van der Waals surface area contributed by atoms with Crippen LogP contribution in [0.5, 0.6) is 0 Å². The monoisotopic (exact) mass is 539 g/mol. The molecule has 3 nitrogen and oxygen atoms in total. The minimum Gasteiger partial charge on any atom is -0.297 e. The minimum atomic E-state index is -3.90. The maximum absolute atomic E-state index is 14.4. The Balaban J connectivity index is 1.78. The molecule has 0 amide bonds. The van der Waals surface area contributed by atoms with Gasteiger partial charge in [-0.3, -0.25) is 4.90 Å². The molecule has 7 heteroatoms. The fourth-order valence-electron chi connectivity index (χ4n) is 4.06. The van der Waals surface area contributed by atoms with Crippen molar-refractivity contribution in [3.63, 3.8) is 0 Å². The molecule has 0 bridgehead atoms. The summed E-state index contributed by atoms with van der Waals surface area (Å²) in [7, 11) is -3.90. The summed E-state index contributed by atoms with van der Waals surface area (Å²) in [6.07, 6.45) is 0.333. The maximum atomic E-state index is 14.4. The summed E-state index contributed by atoms with van der Waals surface area (Å²) in [5.41, 5.74) is 1.52. The Bertz CT molecular complexity index is 1150. The first kappa shape index (κ1) is 21.4. The number of likely N-dealkylation sites (tertiary alicyclic amines) is 1. The van der Waals surface area contributed by atoms with E-state index in [1.807, 2.05) is 52.9 Å². The Labute approximate surface area is 188 Å². The summed E-state index contributed by atoms with van der Waals surface area (Å²) in [5, 5.41) is 0. The first-order chi connectivity index (χ1) is 14.3. The van der Waals surface area contributed by atoms with Crippen LogP contribution in [-0.4, -0.2) is 26.4 Å². The zero-order valence-corrected chi connectivity index (χ0v) is 19.0. The number of hydrogen-bond donors (Lipinski definition) is 0. The molecule has 1 heterocycles. The van der Waals surface area contributed by atoms with Gasteiger partial charge in [0.2, 0.25) is 0 Å². The average Bonchev–Trinajstić information content (AvgIpc) is 3.17. The molecule has 3 aromatic carbocycles. The fourth-order valence-corrected chi connectivity index (χ4v) is 6.49. The van der Waals surface area contributed by atoms with Gasteiger partial charge in [0.1, 0.15) is 16.4 Å². The van der Waals surface area contributed by atoms with E-state index in [1.165, 1.54) is 18.2 Å². The maximum Gasteiger partial charge on any atom is 0.189 e. The van der Waals surface area contributed by atoms with E-state index in [1.54, 1.807) is 12.1 Å². The van der Waals surface area contributed by atoms with E-state index in [4.69, 9.17) is 0 Å². The van der Waals surface area contributed by atoms with Gasteiger partial charge in [0.05, 0.1) is 4.90 Å². The molecule has 1 saturated heterocycles. The van der Waals surface area contributed by atoms with Crippen LogP contribution in [0.15, 0.2) is 77.7 Å². The topological polar surface area (TPSA) is 37.4 Å². The van der Waals surface area contributed by atoms with E-state index in [9.17, 15) is 17.2 Å². The van der Waals surface area contributed by atoms with Crippen molar-refractivity contribution in [1.82, 2.24) is 4.90 Å². The number of sulfone groups is 1. The number of halogens is 3. The molecule has 1 aliphatic heterocycles. The molecule has 30 heavy (non-hydrogen) atoms. The Morgan fingerprint density at radius 3 is 2.33 bits per heavy atom. The van der Waals surface area contributed by atoms with E-state index in [0.29, 0.717) is 28.6 Å². The van der Waals surface area contributed by atoms with Gasteiger partial charge in [-0.1, -0.05) is 36.4 Å². The second kappa shape index (κ2) is 8.36. The molecule has 0 unspecified atom stereocenters. The lowest BCUT2D eigenvalue weighted by Crippen LogP contribution is -2.39. The van der Waals surface area contributed by atoms with Gasteiger partial charge in [-0.2, -0.15) is 0 Å². The number of nitrogens with zero attached hydrogens (tertiary/aromatic N) is 1. The standard InChI is InChI=1S/C23H20F2INO2S/c24-19-7-9-20(10-8-19)30(28,29)23(18-6-11-22(26)21(25)14-18)12-13-27(16-23)15-17-4-2-1-3-5-17/h1-11,14H,12-13,15-16H2/t23-/m0/s1. The highest BCUT2D eigenvalue weighted by Gasteiger charge is 2.51. The second-order valence-electron chi connectivity index (χ2n) is 7.53. The molecule has 1 aliphatic rings. The van der Waals surface area contributed by atoms with Gasteiger partial charge in [-0.25, -0.2) is 17.2 Å². The molecule has 1 fully saturated rings. The smallest absolute Gasteiger partial charge is 0.189 e. The zero-order chi connectivity index (χ0) is 21.4. The lowest BCUT2D eigenvalue weighted by molar-refractivity contribution is 0.320. The predicted molar refractivity (Wildman–Crippen MR) is 121 cm³/mol. The van der Waals surface area contributed by atoms with Crippen LogP contribution in [-0.2, 0) is 21.1 Å². The van der Waals surface area contributed by atoms with Gasteiger partial charge in [0.25, 0.3) is 0 Å². The lowest BCUT2D eigenvalue weighted by atomic mass is 9.97. The quantitative estimate of drug-likeness (QED) is 0.333. The van der Waals surface area contributed by atoms with Gasteiger partial charge in [0.15, 0.2) is 9.84 Å². The summed E-state index contributed by atoms with van der Waals surface area (Å²) in [6.45, 7) is 1.40. The van der Waals surface area contributed by atoms with E-state index in [2.05, 4.69) is 4.90 Å². The summed E-state index contributed by atoms with van der Waals surface area (Å²) < 4.78 is 54.6. The number of hydrogen-bond acceptors (Lipinski definition) is 3. The summed E-state index contributed by atoms with van der Waals surface area (Å²) in [5.74, 6) is -0.941. The molecule has 1 atom stereocenters. The van der Waals surface area contributed by atoms with Gasteiger partial charge >= 0.3 is 0 Å². The number of benzene rings is 3. The highest BCUT2D eigenvalue weighted by atomic mass is 127. The van der Waals surface area contributed by atoms with Crippen molar-refractivity contribution >= 4 is 32.4 Å². The molecule has 156 valence electrons. The van der Waals surface area contributed by atoms with Crippen LogP contribution in [0.25, 0.3) is 0 Å². The summed E-state index contributed by atoms with van der Waals surface area (Å²) in [4.78, 5) is 2.12. The summed E-state index contributed by atoms with van der Waals surface area (Å²) >= 11 is 1.89. The Morgan fingerprint density at radius 2 is 1.67 bits per heavy atom. The van der Waals surface area contributed by atoms with Crippen LogP contribution in [0.2, 0.25) is 0 Å². The Hall–Kier alpha value is -1.84. The molecule has 0 saturated carbocycles. The third-order valence-corrected chi connectivity index (χ3v) is 9.01. The third kappa shape index (κ3) is 3.90. The van der Waals surface area contributed by atoms with Crippen LogP contribution < -0.4 is 0 Å². The second-order valence-corrected chi connectivity index (χ2v) is 10.9. The largest absolute Gasteiger partial charge is 0.297 e. The van der Waals surface area contributed by atoms with Crippen molar-refractivity contribution < 1.29 is 17.2 Å². The van der Waals surface area contributed by atoms with Crippen molar-refractivity contribution in [2.24, 2.45) is 0 Å². The van der Waals surface area contributed by atoms with Gasteiger partial charge < -0.3 is 0 Å². The first-order valence-corrected chi connectivity index (χ1v) is 12.1. The average molecular weight is 539 g/mol. The fraction of sp³-hybridized carbons (Fsp3) is 0.217. The third-order valence-electron chi connectivity index (χ3n) is 5.64. The van der Waals surface area contributed by atoms with Crippen LogP contribution in [0.1, 0.15) is 17.5 Å².